The molecule has 0 radical (unpaired) electrons. The highest BCUT2D eigenvalue weighted by molar-refractivity contribution is 5.94. The molecule has 2 heteroatoms. The number of rotatable bonds is 1. The molecule has 2 nitrogen and oxygen atoms in total. The third-order valence-electron chi connectivity index (χ3n) is 4.18. The Bertz CT molecular complexity index is 451. The minimum absolute atomic E-state index is 0.209. The molecular weight excluding hydrogens is 222 g/mol. The van der Waals surface area contributed by atoms with Gasteiger partial charge in [0.2, 0.25) is 0 Å². The molecule has 1 heterocycles. The molecule has 1 aliphatic heterocycles. The Kier molecular flexibility index (Phi) is 3.18. The summed E-state index contributed by atoms with van der Waals surface area (Å²) in [6, 6.07) is 10.1. The number of nitrogens with zero attached hydrogens (tertiary/aromatic N) is 1. The molecule has 1 aliphatic carbocycles. The fourth-order valence-corrected chi connectivity index (χ4v) is 3.24. The average Bonchev–Trinajstić information content (AvgIpc) is 2.47. The summed E-state index contributed by atoms with van der Waals surface area (Å²) in [5.41, 5.74) is 0.827. The van der Waals surface area contributed by atoms with Crippen molar-refractivity contribution in [3.8, 4) is 0 Å². The number of hydrogen-bond acceptors (Lipinski definition) is 1. The van der Waals surface area contributed by atoms with Gasteiger partial charge in [-0.3, -0.25) is 4.79 Å². The van der Waals surface area contributed by atoms with Crippen LogP contribution in [0.15, 0.2) is 42.5 Å². The number of fused-ring (bicyclic) bond motifs is 1. The molecule has 0 aromatic heterocycles. The van der Waals surface area contributed by atoms with Gasteiger partial charge in [0.15, 0.2) is 0 Å². The first-order chi connectivity index (χ1) is 8.86. The number of carbonyl (C=O) groups excluding carboxylic acids is 1. The van der Waals surface area contributed by atoms with E-state index in [2.05, 4.69) is 17.1 Å². The Balaban J connectivity index is 1.82. The Morgan fingerprint density at radius 2 is 1.89 bits per heavy atom. The summed E-state index contributed by atoms with van der Waals surface area (Å²) < 4.78 is 0. The van der Waals surface area contributed by atoms with Gasteiger partial charge in [-0.15, -0.1) is 0 Å². The van der Waals surface area contributed by atoms with Gasteiger partial charge in [0.1, 0.15) is 0 Å². The largest absolute Gasteiger partial charge is 0.335 e. The summed E-state index contributed by atoms with van der Waals surface area (Å²) in [6.45, 7) is 0.919. The molecule has 2 aliphatic rings. The van der Waals surface area contributed by atoms with Crippen LogP contribution in [0.5, 0.6) is 0 Å². The Labute approximate surface area is 108 Å². The van der Waals surface area contributed by atoms with Crippen molar-refractivity contribution >= 4 is 5.91 Å². The van der Waals surface area contributed by atoms with Crippen molar-refractivity contribution in [1.82, 2.24) is 4.90 Å². The molecule has 2 atom stereocenters. The number of amides is 1. The lowest BCUT2D eigenvalue weighted by molar-refractivity contribution is 0.0490. The van der Waals surface area contributed by atoms with Crippen LogP contribution in [0.25, 0.3) is 0 Å². The lowest BCUT2D eigenvalue weighted by Gasteiger charge is -2.42. The summed E-state index contributed by atoms with van der Waals surface area (Å²) >= 11 is 0. The molecule has 0 spiro atoms. The molecule has 1 saturated heterocycles. The van der Waals surface area contributed by atoms with E-state index in [1.54, 1.807) is 0 Å². The van der Waals surface area contributed by atoms with Crippen LogP contribution in [0.4, 0.5) is 0 Å². The van der Waals surface area contributed by atoms with E-state index >= 15 is 0 Å². The predicted octanol–water partition coefficient (Wildman–Crippen LogP) is 3.26. The van der Waals surface area contributed by atoms with Crippen LogP contribution >= 0.6 is 0 Å². The van der Waals surface area contributed by atoms with Crippen molar-refractivity contribution in [2.45, 2.75) is 31.7 Å². The van der Waals surface area contributed by atoms with Gasteiger partial charge in [-0.2, -0.15) is 0 Å². The summed E-state index contributed by atoms with van der Waals surface area (Å²) in [4.78, 5) is 14.7. The van der Waals surface area contributed by atoms with Crippen molar-refractivity contribution in [1.29, 1.82) is 0 Å². The molecule has 18 heavy (non-hydrogen) atoms. The Morgan fingerprint density at radius 1 is 1.11 bits per heavy atom. The van der Waals surface area contributed by atoms with Crippen LogP contribution in [0.3, 0.4) is 0 Å². The monoisotopic (exact) mass is 241 g/mol. The zero-order chi connectivity index (χ0) is 12.4. The van der Waals surface area contributed by atoms with Gasteiger partial charge < -0.3 is 4.90 Å². The van der Waals surface area contributed by atoms with E-state index in [-0.39, 0.29) is 5.91 Å². The second-order valence-corrected chi connectivity index (χ2v) is 5.28. The minimum Gasteiger partial charge on any atom is -0.335 e. The van der Waals surface area contributed by atoms with E-state index in [4.69, 9.17) is 0 Å². The first-order valence-electron chi connectivity index (χ1n) is 6.87. The predicted molar refractivity (Wildman–Crippen MR) is 72.4 cm³/mol. The lowest BCUT2D eigenvalue weighted by Crippen LogP contribution is -2.48. The third-order valence-corrected chi connectivity index (χ3v) is 4.18. The minimum atomic E-state index is 0.209. The maximum Gasteiger partial charge on any atom is 0.254 e. The summed E-state index contributed by atoms with van der Waals surface area (Å²) in [5, 5.41) is 0. The van der Waals surface area contributed by atoms with Crippen LogP contribution in [0.2, 0.25) is 0 Å². The topological polar surface area (TPSA) is 20.3 Å². The molecule has 1 fully saturated rings. The number of carbonyl (C=O) groups is 1. The summed E-state index contributed by atoms with van der Waals surface area (Å²) in [7, 11) is 0. The highest BCUT2D eigenvalue weighted by Gasteiger charge is 2.34. The SMILES string of the molecule is O=C(c1ccccc1)N1CCCC2CC=CCC21. The van der Waals surface area contributed by atoms with E-state index in [0.717, 1.165) is 31.4 Å². The maximum absolute atomic E-state index is 12.6. The molecule has 3 rings (SSSR count). The average molecular weight is 241 g/mol. The first kappa shape index (κ1) is 11.5. The Morgan fingerprint density at radius 3 is 2.72 bits per heavy atom. The van der Waals surface area contributed by atoms with E-state index < -0.39 is 0 Å². The van der Waals surface area contributed by atoms with Crippen LogP contribution in [0, 0.1) is 5.92 Å². The number of likely N-dealkylation sites (tertiary alicyclic amines) is 1. The van der Waals surface area contributed by atoms with Gasteiger partial charge in [-0.1, -0.05) is 30.4 Å². The lowest BCUT2D eigenvalue weighted by atomic mass is 9.81. The van der Waals surface area contributed by atoms with Crippen LogP contribution < -0.4 is 0 Å². The number of piperidine rings is 1. The van der Waals surface area contributed by atoms with E-state index in [1.165, 1.54) is 6.42 Å². The van der Waals surface area contributed by atoms with Gasteiger partial charge in [0, 0.05) is 18.2 Å². The fourth-order valence-electron chi connectivity index (χ4n) is 3.24. The van der Waals surface area contributed by atoms with Gasteiger partial charge >= 0.3 is 0 Å². The normalized spacial score (nSPS) is 26.8. The smallest absolute Gasteiger partial charge is 0.254 e. The van der Waals surface area contributed by atoms with Gasteiger partial charge in [-0.05, 0) is 43.7 Å². The Hall–Kier alpha value is -1.57. The van der Waals surface area contributed by atoms with Crippen LogP contribution in [-0.2, 0) is 0 Å². The summed E-state index contributed by atoms with van der Waals surface area (Å²) in [6.07, 6.45) is 9.10. The van der Waals surface area contributed by atoms with Crippen LogP contribution in [-0.4, -0.2) is 23.4 Å². The molecule has 2 unspecified atom stereocenters. The van der Waals surface area contributed by atoms with E-state index in [9.17, 15) is 4.79 Å². The van der Waals surface area contributed by atoms with E-state index in [1.807, 2.05) is 30.3 Å². The second kappa shape index (κ2) is 4.97. The van der Waals surface area contributed by atoms with Crippen molar-refractivity contribution < 1.29 is 4.79 Å². The quantitative estimate of drug-likeness (QED) is 0.691. The molecule has 0 bridgehead atoms. The standard InChI is InChI=1S/C16H19NO/c18-16(14-8-2-1-3-9-14)17-12-6-10-13-7-4-5-11-15(13)17/h1-5,8-9,13,15H,6-7,10-12H2. The van der Waals surface area contributed by atoms with Crippen molar-refractivity contribution in [2.75, 3.05) is 6.54 Å². The number of benzene rings is 1. The van der Waals surface area contributed by atoms with Crippen molar-refractivity contribution in [2.24, 2.45) is 5.92 Å². The highest BCUT2D eigenvalue weighted by atomic mass is 16.2. The second-order valence-electron chi connectivity index (χ2n) is 5.28. The molecule has 94 valence electrons. The molecule has 1 aromatic carbocycles. The molecule has 1 amide bonds. The van der Waals surface area contributed by atoms with Crippen molar-refractivity contribution in [3.05, 3.63) is 48.0 Å². The molecular formula is C16H19NO. The number of hydrogen-bond donors (Lipinski definition) is 0. The zero-order valence-corrected chi connectivity index (χ0v) is 10.6. The molecule has 0 N–H and O–H groups in total. The highest BCUT2D eigenvalue weighted by Crippen LogP contribution is 2.32. The summed E-state index contributed by atoms with van der Waals surface area (Å²) in [5.74, 6) is 0.886. The first-order valence-corrected chi connectivity index (χ1v) is 6.87. The van der Waals surface area contributed by atoms with Crippen LogP contribution in [0.1, 0.15) is 36.0 Å². The maximum atomic E-state index is 12.6. The number of allylic oxidation sites excluding steroid dienone is 1. The third kappa shape index (κ3) is 2.07. The van der Waals surface area contributed by atoms with Gasteiger partial charge in [0.25, 0.3) is 5.91 Å². The molecule has 0 saturated carbocycles. The fraction of sp³-hybridized carbons (Fsp3) is 0.438. The van der Waals surface area contributed by atoms with Gasteiger partial charge in [-0.25, -0.2) is 0 Å². The van der Waals surface area contributed by atoms with Gasteiger partial charge in [0.05, 0.1) is 0 Å². The zero-order valence-electron chi connectivity index (χ0n) is 10.6. The van der Waals surface area contributed by atoms with Crippen molar-refractivity contribution in [3.63, 3.8) is 0 Å². The van der Waals surface area contributed by atoms with E-state index in [0.29, 0.717) is 12.0 Å². The molecule has 1 aromatic rings.